The number of rotatable bonds is 6. The zero-order valence-corrected chi connectivity index (χ0v) is 22.5. The minimum absolute atomic E-state index is 0.145. The van der Waals surface area contributed by atoms with E-state index < -0.39 is 0 Å². The van der Waals surface area contributed by atoms with E-state index in [1.165, 1.54) is 27.8 Å². The topological polar surface area (TPSA) is 97.9 Å². The van der Waals surface area contributed by atoms with Crippen molar-refractivity contribution in [1.82, 2.24) is 15.3 Å². The minimum atomic E-state index is -0.145. The van der Waals surface area contributed by atoms with E-state index in [0.717, 1.165) is 62.2 Å². The molecule has 0 bridgehead atoms. The average Bonchev–Trinajstić information content (AvgIpc) is 3.67. The van der Waals surface area contributed by atoms with Crippen molar-refractivity contribution in [1.29, 1.82) is 0 Å². The van der Waals surface area contributed by atoms with Crippen molar-refractivity contribution in [2.24, 2.45) is 9.98 Å². The SMILES string of the molecule is O=c1[nH]c2cccc(C3CCNC(Cc4cc(C5CCOC5)c(N5C=NC=NC5)cc4-c4ccccc4)C3)c2[nH]1. The third-order valence-corrected chi connectivity index (χ3v) is 8.59. The molecule has 3 aliphatic heterocycles. The summed E-state index contributed by atoms with van der Waals surface area (Å²) in [7, 11) is 0. The van der Waals surface area contributed by atoms with Gasteiger partial charge in [-0.3, -0.25) is 4.99 Å². The lowest BCUT2D eigenvalue weighted by Gasteiger charge is -2.32. The van der Waals surface area contributed by atoms with Crippen molar-refractivity contribution in [3.05, 3.63) is 87.8 Å². The molecule has 0 spiro atoms. The van der Waals surface area contributed by atoms with Gasteiger partial charge in [0.25, 0.3) is 0 Å². The summed E-state index contributed by atoms with van der Waals surface area (Å²) in [5, 5.41) is 3.81. The molecule has 3 unspecified atom stereocenters. The summed E-state index contributed by atoms with van der Waals surface area (Å²) in [6.07, 6.45) is 7.51. The molecular weight excluding hydrogens is 500 g/mol. The number of aliphatic imine (C=N–C) groups is 2. The Hall–Kier alpha value is -4.01. The van der Waals surface area contributed by atoms with Gasteiger partial charge in [-0.05, 0) is 78.1 Å². The number of para-hydroxylation sites is 1. The van der Waals surface area contributed by atoms with E-state index >= 15 is 0 Å². The van der Waals surface area contributed by atoms with Crippen LogP contribution in [0, 0.1) is 0 Å². The minimum Gasteiger partial charge on any atom is -0.381 e. The average molecular weight is 535 g/mol. The van der Waals surface area contributed by atoms with Gasteiger partial charge in [0.1, 0.15) is 13.0 Å². The lowest BCUT2D eigenvalue weighted by molar-refractivity contribution is 0.194. The van der Waals surface area contributed by atoms with E-state index in [4.69, 9.17) is 4.74 Å². The maximum atomic E-state index is 12.0. The molecule has 8 heteroatoms. The second kappa shape index (κ2) is 10.9. The fourth-order valence-electron chi connectivity index (χ4n) is 6.65. The summed E-state index contributed by atoms with van der Waals surface area (Å²) in [4.78, 5) is 28.9. The Labute approximate surface area is 233 Å². The Bertz CT molecular complexity index is 1620. The van der Waals surface area contributed by atoms with Gasteiger partial charge < -0.3 is 24.9 Å². The predicted octanol–water partition coefficient (Wildman–Crippen LogP) is 4.94. The highest BCUT2D eigenvalue weighted by atomic mass is 16.5. The van der Waals surface area contributed by atoms with Crippen LogP contribution in [0.4, 0.5) is 5.69 Å². The highest BCUT2D eigenvalue weighted by molar-refractivity contribution is 5.89. The fourth-order valence-corrected chi connectivity index (χ4v) is 6.65. The number of piperidine rings is 1. The summed E-state index contributed by atoms with van der Waals surface area (Å²) >= 11 is 0. The first kappa shape index (κ1) is 25.0. The lowest BCUT2D eigenvalue weighted by Crippen LogP contribution is -2.39. The Balaban J connectivity index is 1.26. The first-order valence-electron chi connectivity index (χ1n) is 14.3. The molecule has 8 nitrogen and oxygen atoms in total. The zero-order valence-electron chi connectivity index (χ0n) is 22.5. The number of aromatic nitrogens is 2. The monoisotopic (exact) mass is 534 g/mol. The van der Waals surface area contributed by atoms with Crippen molar-refractivity contribution in [3.8, 4) is 11.1 Å². The van der Waals surface area contributed by atoms with E-state index in [1.54, 1.807) is 6.34 Å². The van der Waals surface area contributed by atoms with Crippen LogP contribution in [0.2, 0.25) is 0 Å². The van der Waals surface area contributed by atoms with Gasteiger partial charge in [-0.25, -0.2) is 9.79 Å². The molecule has 0 saturated carbocycles. The molecule has 204 valence electrons. The van der Waals surface area contributed by atoms with Crippen LogP contribution in [0.1, 0.15) is 47.8 Å². The van der Waals surface area contributed by atoms with Crippen LogP contribution in [0.15, 0.2) is 75.4 Å². The number of nitrogens with zero attached hydrogens (tertiary/aromatic N) is 3. The van der Waals surface area contributed by atoms with Crippen LogP contribution in [0.5, 0.6) is 0 Å². The number of fused-ring (bicyclic) bond motifs is 1. The number of aromatic amines is 2. The third kappa shape index (κ3) is 4.89. The number of ether oxygens (including phenoxy) is 1. The van der Waals surface area contributed by atoms with Crippen LogP contribution in [-0.4, -0.2) is 55.1 Å². The molecule has 1 aromatic heterocycles. The number of imidazole rings is 1. The molecule has 2 saturated heterocycles. The van der Waals surface area contributed by atoms with E-state index in [-0.39, 0.29) is 5.69 Å². The highest BCUT2D eigenvalue weighted by Gasteiger charge is 2.29. The zero-order chi connectivity index (χ0) is 26.9. The van der Waals surface area contributed by atoms with E-state index in [9.17, 15) is 4.79 Å². The van der Waals surface area contributed by atoms with Gasteiger partial charge in [-0.2, -0.15) is 0 Å². The van der Waals surface area contributed by atoms with Crippen LogP contribution in [0.25, 0.3) is 22.2 Å². The fraction of sp³-hybridized carbons (Fsp3) is 0.344. The van der Waals surface area contributed by atoms with Gasteiger partial charge in [-0.1, -0.05) is 48.5 Å². The molecule has 3 aliphatic rings. The maximum absolute atomic E-state index is 12.0. The van der Waals surface area contributed by atoms with Crippen molar-refractivity contribution in [3.63, 3.8) is 0 Å². The summed E-state index contributed by atoms with van der Waals surface area (Å²) < 4.78 is 5.84. The molecule has 3 atom stereocenters. The van der Waals surface area contributed by atoms with Gasteiger partial charge in [0.2, 0.25) is 0 Å². The molecule has 7 rings (SSSR count). The summed E-state index contributed by atoms with van der Waals surface area (Å²) in [6, 6.07) is 22.0. The lowest BCUT2D eigenvalue weighted by atomic mass is 9.82. The van der Waals surface area contributed by atoms with Gasteiger partial charge in [0, 0.05) is 24.3 Å². The first-order valence-corrected chi connectivity index (χ1v) is 14.3. The number of benzene rings is 3. The molecule has 4 heterocycles. The van der Waals surface area contributed by atoms with Crippen molar-refractivity contribution >= 4 is 29.4 Å². The molecular formula is C32H34N6O2. The Kier molecular flexibility index (Phi) is 6.79. The number of H-pyrrole nitrogens is 2. The Morgan fingerprint density at radius 3 is 2.73 bits per heavy atom. The van der Waals surface area contributed by atoms with Crippen LogP contribution >= 0.6 is 0 Å². The summed E-state index contributed by atoms with van der Waals surface area (Å²) in [5.74, 6) is 0.735. The van der Waals surface area contributed by atoms with Crippen molar-refractivity contribution in [2.45, 2.75) is 43.6 Å². The molecule has 2 fully saturated rings. The molecule has 0 aliphatic carbocycles. The molecule has 3 N–H and O–H groups in total. The number of nitrogens with one attached hydrogen (secondary N) is 3. The number of hydrogen-bond donors (Lipinski definition) is 3. The van der Waals surface area contributed by atoms with Crippen LogP contribution < -0.4 is 15.9 Å². The Morgan fingerprint density at radius 2 is 1.90 bits per heavy atom. The maximum Gasteiger partial charge on any atom is 0.323 e. The quantitative estimate of drug-likeness (QED) is 0.326. The van der Waals surface area contributed by atoms with Crippen LogP contribution in [-0.2, 0) is 11.2 Å². The smallest absolute Gasteiger partial charge is 0.323 e. The first-order chi connectivity index (χ1) is 19.7. The van der Waals surface area contributed by atoms with Gasteiger partial charge in [-0.15, -0.1) is 0 Å². The molecule has 40 heavy (non-hydrogen) atoms. The number of anilines is 1. The van der Waals surface area contributed by atoms with Gasteiger partial charge in [0.15, 0.2) is 0 Å². The largest absolute Gasteiger partial charge is 0.381 e. The normalized spacial score (nSPS) is 22.8. The summed E-state index contributed by atoms with van der Waals surface area (Å²) in [5.41, 5.74) is 9.21. The van der Waals surface area contributed by atoms with Gasteiger partial charge >= 0.3 is 5.69 Å². The second-order valence-electron chi connectivity index (χ2n) is 11.1. The van der Waals surface area contributed by atoms with Crippen molar-refractivity contribution < 1.29 is 4.74 Å². The molecule has 4 aromatic rings. The van der Waals surface area contributed by atoms with Crippen LogP contribution in [0.3, 0.4) is 0 Å². The Morgan fingerprint density at radius 1 is 0.975 bits per heavy atom. The standard InChI is InChI=1S/C32H34N6O2/c39-32-36-29-8-4-7-26(31(29)37-32)22-9-11-35-25(13-22)14-24-15-28(23-10-12-40-17-23)30(38-19-33-18-34-20-38)16-27(24)21-5-2-1-3-6-21/h1-8,15-16,18-19,22-23,25,35H,9-14,17,20H2,(H2,36,37,39). The predicted molar refractivity (Wildman–Crippen MR) is 161 cm³/mol. The highest BCUT2D eigenvalue weighted by Crippen LogP contribution is 2.40. The molecule has 0 radical (unpaired) electrons. The third-order valence-electron chi connectivity index (χ3n) is 8.59. The van der Waals surface area contributed by atoms with E-state index in [1.807, 2.05) is 12.4 Å². The summed E-state index contributed by atoms with van der Waals surface area (Å²) in [6.45, 7) is 3.06. The van der Waals surface area contributed by atoms with Crippen molar-refractivity contribution in [2.75, 3.05) is 31.3 Å². The van der Waals surface area contributed by atoms with E-state index in [0.29, 0.717) is 24.5 Å². The van der Waals surface area contributed by atoms with Gasteiger partial charge in [0.05, 0.1) is 24.0 Å². The molecule has 3 aromatic carbocycles. The van der Waals surface area contributed by atoms with E-state index in [2.05, 4.69) is 84.8 Å². The molecule has 0 amide bonds. The second-order valence-corrected chi connectivity index (χ2v) is 11.1. The number of hydrogen-bond acceptors (Lipinski definition) is 6.